The first-order valence-electron chi connectivity index (χ1n) is 22.5. The molecule has 5 rings (SSSR count). The Hall–Kier alpha value is -5.45. The molecule has 31 heteroatoms. The number of β-amino-alcohol motifs (C(OH)–C–C–N with tert-alkyl or cyclic N) is 1. The van der Waals surface area contributed by atoms with Crippen LogP contribution in [0.25, 0.3) is 0 Å². The molecule has 0 bridgehead atoms. The van der Waals surface area contributed by atoms with Gasteiger partial charge in [-0.3, -0.25) is 38.6 Å². The van der Waals surface area contributed by atoms with Crippen molar-refractivity contribution in [2.75, 3.05) is 19.6 Å². The van der Waals surface area contributed by atoms with Gasteiger partial charge >= 0.3 is 35.7 Å². The molecule has 14 atom stereocenters. The number of benzene rings is 2. The Kier molecular flexibility index (Phi) is 23.0. The van der Waals surface area contributed by atoms with Gasteiger partial charge in [0.2, 0.25) is 41.4 Å². The molecule has 3 aliphatic heterocycles. The van der Waals surface area contributed by atoms with Crippen LogP contribution in [0.15, 0.2) is 48.5 Å². The van der Waals surface area contributed by atoms with Crippen molar-refractivity contribution < 1.29 is 132 Å². The average Bonchev–Trinajstić information content (AvgIpc) is 3.89. The first kappa shape index (κ1) is 61.1. The number of aliphatic hydroxyl groups is 7. The number of hydrogen-bond donors (Lipinski definition) is 14. The molecule has 2 aromatic rings. The van der Waals surface area contributed by atoms with Crippen molar-refractivity contribution in [1.29, 1.82) is 0 Å². The maximum absolute atomic E-state index is 14.5. The number of phenolic OH excluding ortho intramolecular Hbond substituents is 1. The van der Waals surface area contributed by atoms with Crippen LogP contribution >= 0.6 is 12.3 Å². The first-order valence-corrected chi connectivity index (χ1v) is 23.1. The van der Waals surface area contributed by atoms with Crippen LogP contribution in [0, 0.1) is 5.92 Å². The number of carbonyl (C=O) groups excluding carboxylic acids is 8. The number of nitrogens with one attached hydrogen (secondary N) is 5. The molecule has 3 heterocycles. The molecule has 15 N–H and O–H groups in total. The second kappa shape index (κ2) is 27.9. The standard InChI is InChI=1S/C43H58N8O21S.Na/c1-18-15-51-33(34(18)58)40(64)45-14-22(53)11-24(46-43(67)69-17-20-6-4-3-5-7-20)37(61)47-30(19(2)52)41(65)50-16-23(54)12-25(50)38(62)49-32(39(63)48-31(42(51)66)27(56)13-29(44)57)36(60)35(59)21-8-9-26(55)28(10-21)70-73-72-71-68;/h3-10,18-19,22-25,27,30-36,52-56,58-60,68H,11-17H2,1-2H3,(H2,44,57)(H,45,64)(H,46,67)(H,47,61)(H,48,63)(H,49,62);/q;+1/p-1/t18?,19?,22-,23?,24-,25?,27+,30?,31-,32?,33?,34-,35-,36-;/m0./s1. The molecular formula is C43H57N8NaO21S. The number of ether oxygens (including phenoxy) is 1. The van der Waals surface area contributed by atoms with E-state index in [1.165, 1.54) is 6.92 Å². The Morgan fingerprint density at radius 1 is 0.851 bits per heavy atom. The summed E-state index contributed by atoms with van der Waals surface area (Å²) in [6.45, 7) is 0.398. The summed E-state index contributed by atoms with van der Waals surface area (Å²) in [6.07, 6.45) is -17.2. The molecule has 0 aromatic heterocycles. The summed E-state index contributed by atoms with van der Waals surface area (Å²) in [5.41, 5.74) is 5.51. The van der Waals surface area contributed by atoms with E-state index in [1.807, 2.05) is 0 Å². The van der Waals surface area contributed by atoms with Crippen LogP contribution in [-0.4, -0.2) is 191 Å². The number of carbonyl (C=O) groups is 8. The van der Waals surface area contributed by atoms with E-state index in [2.05, 4.69) is 36.0 Å². The van der Waals surface area contributed by atoms with Crippen molar-refractivity contribution in [2.45, 2.75) is 119 Å². The second-order valence-corrected chi connectivity index (χ2v) is 18.0. The second-order valence-electron chi connectivity index (χ2n) is 17.6. The van der Waals surface area contributed by atoms with Crippen LogP contribution in [0.3, 0.4) is 0 Å². The number of amides is 8. The number of hydrogen-bond acceptors (Lipinski definition) is 22. The van der Waals surface area contributed by atoms with Gasteiger partial charge in [0.15, 0.2) is 11.5 Å². The molecule has 3 aliphatic rings. The fourth-order valence-corrected chi connectivity index (χ4v) is 8.60. The minimum atomic E-state index is -2.52. The van der Waals surface area contributed by atoms with Gasteiger partial charge in [0, 0.05) is 38.4 Å². The minimum Gasteiger partial charge on any atom is -0.691 e. The number of nitrogens with zero attached hydrogens (tertiary/aromatic N) is 2. The smallest absolute Gasteiger partial charge is 0.691 e. The topological polar surface area (TPSA) is 451 Å². The van der Waals surface area contributed by atoms with Crippen molar-refractivity contribution in [3.8, 4) is 11.5 Å². The Morgan fingerprint density at radius 2 is 1.50 bits per heavy atom. The Morgan fingerprint density at radius 3 is 2.15 bits per heavy atom. The minimum absolute atomic E-state index is 0. The molecule has 0 aliphatic carbocycles. The SMILES string of the molecule is CC(O)C1NC(=O)[C@@H](NC(=O)OCc2ccccc2)C[C@H](O)CNC(=O)C2[C@@H](O)C(C)CN2C(=O)[C@H]([C@H](O)CC(N)=O)NC(=O)C([C@H](O)[C@@H](O)c2ccc(O)c(OSOO[O-])c2)NC(=O)C2CC(O)CN2C1=O.[Na+]. The summed E-state index contributed by atoms with van der Waals surface area (Å²) in [7, 11) is 0. The maximum Gasteiger partial charge on any atom is 1.00 e. The molecule has 0 saturated carbocycles. The fourth-order valence-electron chi connectivity index (χ4n) is 8.34. The van der Waals surface area contributed by atoms with Crippen molar-refractivity contribution in [1.82, 2.24) is 36.4 Å². The van der Waals surface area contributed by atoms with E-state index in [1.54, 1.807) is 30.3 Å². The number of nitrogens with two attached hydrogens (primary N) is 1. The van der Waals surface area contributed by atoms with E-state index >= 15 is 0 Å². The zero-order valence-electron chi connectivity index (χ0n) is 39.9. The van der Waals surface area contributed by atoms with Gasteiger partial charge in [-0.25, -0.2) is 4.79 Å². The van der Waals surface area contributed by atoms with E-state index in [-0.39, 0.29) is 54.1 Å². The van der Waals surface area contributed by atoms with Crippen LogP contribution < -0.4 is 71.3 Å². The quantitative estimate of drug-likeness (QED) is 0.0275. The number of fused-ring (bicyclic) bond motifs is 2. The van der Waals surface area contributed by atoms with Gasteiger partial charge in [-0.15, -0.1) is 4.33 Å². The Bertz CT molecular complexity index is 2310. The van der Waals surface area contributed by atoms with E-state index in [9.17, 15) is 84.5 Å². The largest absolute Gasteiger partial charge is 1.00 e. The molecule has 0 radical (unpaired) electrons. The van der Waals surface area contributed by atoms with Gasteiger partial charge in [-0.2, -0.15) is 0 Å². The van der Waals surface area contributed by atoms with E-state index < -0.39 is 183 Å². The summed E-state index contributed by atoms with van der Waals surface area (Å²) in [5.74, 6) is -11.1. The predicted octanol–water partition coefficient (Wildman–Crippen LogP) is -9.63. The predicted molar refractivity (Wildman–Crippen MR) is 241 cm³/mol. The van der Waals surface area contributed by atoms with Gasteiger partial charge in [0.1, 0.15) is 55.1 Å². The first-order chi connectivity index (χ1) is 34.5. The zero-order valence-corrected chi connectivity index (χ0v) is 42.7. The number of alkyl carbamates (subject to hydrolysis) is 1. The van der Waals surface area contributed by atoms with Crippen molar-refractivity contribution in [3.63, 3.8) is 0 Å². The summed E-state index contributed by atoms with van der Waals surface area (Å²) in [5, 5.41) is 114. The monoisotopic (exact) mass is 1080 g/mol. The summed E-state index contributed by atoms with van der Waals surface area (Å²) < 4.78 is 14.2. The van der Waals surface area contributed by atoms with Gasteiger partial charge in [-0.1, -0.05) is 43.3 Å². The van der Waals surface area contributed by atoms with Gasteiger partial charge in [-0.05, 0) is 30.2 Å². The van der Waals surface area contributed by atoms with E-state index in [0.29, 0.717) is 10.5 Å². The van der Waals surface area contributed by atoms with Crippen molar-refractivity contribution in [2.24, 2.45) is 11.7 Å². The molecule has 402 valence electrons. The van der Waals surface area contributed by atoms with Gasteiger partial charge in [0.25, 0.3) is 12.3 Å². The number of rotatable bonds is 14. The number of aliphatic hydroxyl groups excluding tert-OH is 7. The van der Waals surface area contributed by atoms with Crippen LogP contribution in [-0.2, 0) is 54.3 Å². The van der Waals surface area contributed by atoms with Crippen LogP contribution in [0.5, 0.6) is 11.5 Å². The average molecular weight is 1080 g/mol. The van der Waals surface area contributed by atoms with Crippen molar-refractivity contribution >= 4 is 59.8 Å². The molecule has 3 fully saturated rings. The third-order valence-corrected chi connectivity index (χ3v) is 12.5. The number of aromatic hydroxyl groups is 1. The molecular weight excluding hydrogens is 1020 g/mol. The molecule has 0 spiro atoms. The molecule has 8 amide bonds. The third kappa shape index (κ3) is 15.8. The van der Waals surface area contributed by atoms with Crippen molar-refractivity contribution in [3.05, 3.63) is 59.7 Å². The maximum atomic E-state index is 14.5. The fraction of sp³-hybridized carbons (Fsp3) is 0.535. The normalized spacial score (nSPS) is 28.0. The van der Waals surface area contributed by atoms with Crippen LogP contribution in [0.4, 0.5) is 4.79 Å². The third-order valence-electron chi connectivity index (χ3n) is 12.1. The van der Waals surface area contributed by atoms with Crippen LogP contribution in [0.2, 0.25) is 0 Å². The van der Waals surface area contributed by atoms with E-state index in [0.717, 1.165) is 30.0 Å². The molecule has 2 aromatic carbocycles. The van der Waals surface area contributed by atoms with Gasteiger partial charge < -0.3 is 97.1 Å². The molecule has 29 nitrogen and oxygen atoms in total. The number of phenols is 1. The molecule has 74 heavy (non-hydrogen) atoms. The Balaban J connectivity index is 0.0000119. The zero-order chi connectivity index (χ0) is 53.8. The van der Waals surface area contributed by atoms with Gasteiger partial charge in [0.05, 0.1) is 36.9 Å². The summed E-state index contributed by atoms with van der Waals surface area (Å²) in [6, 6.07) is -1.05. The molecule has 7 unspecified atom stereocenters. The van der Waals surface area contributed by atoms with Crippen LogP contribution in [0.1, 0.15) is 50.3 Å². The summed E-state index contributed by atoms with van der Waals surface area (Å²) >= 11 is -0.0860. The van der Waals surface area contributed by atoms with E-state index in [4.69, 9.17) is 14.7 Å². The Labute approximate surface area is 447 Å². The number of primary amides is 1. The summed E-state index contributed by atoms with van der Waals surface area (Å²) in [4.78, 5) is 112. The molecule has 3 saturated heterocycles.